The highest BCUT2D eigenvalue weighted by Crippen LogP contribution is 2.28. The lowest BCUT2D eigenvalue weighted by molar-refractivity contribution is -0.123. The van der Waals surface area contributed by atoms with Gasteiger partial charge in [-0.05, 0) is 39.5 Å². The average molecular weight is 198 g/mol. The Bertz CT molecular complexity index is 207. The molecule has 1 saturated carbocycles. The molecule has 1 unspecified atom stereocenters. The van der Waals surface area contributed by atoms with Crippen LogP contribution >= 0.6 is 0 Å². The normalized spacial score (nSPS) is 21.1. The molecule has 3 N–H and O–H groups in total. The summed E-state index contributed by atoms with van der Waals surface area (Å²) in [5, 5.41) is 3.32. The summed E-state index contributed by atoms with van der Waals surface area (Å²) >= 11 is 0. The van der Waals surface area contributed by atoms with Crippen LogP contribution in [0.2, 0.25) is 0 Å². The quantitative estimate of drug-likeness (QED) is 0.717. The molecule has 0 aromatic heterocycles. The summed E-state index contributed by atoms with van der Waals surface area (Å²) in [4.78, 5) is 11.1. The van der Waals surface area contributed by atoms with E-state index in [0.29, 0.717) is 12.0 Å². The SMILES string of the molecule is CC(NC(C)(C)C(N)=O)C1CCCC1. The number of hydrogen-bond donors (Lipinski definition) is 2. The predicted molar refractivity (Wildman–Crippen MR) is 57.8 cm³/mol. The van der Waals surface area contributed by atoms with Crippen LogP contribution in [0.15, 0.2) is 0 Å². The molecule has 0 radical (unpaired) electrons. The van der Waals surface area contributed by atoms with Crippen molar-refractivity contribution in [1.29, 1.82) is 0 Å². The smallest absolute Gasteiger partial charge is 0.237 e. The molecule has 1 amide bonds. The van der Waals surface area contributed by atoms with Gasteiger partial charge in [-0.1, -0.05) is 12.8 Å². The molecule has 0 bridgehead atoms. The Kier molecular flexibility index (Phi) is 3.53. The Morgan fingerprint density at radius 3 is 2.36 bits per heavy atom. The van der Waals surface area contributed by atoms with Gasteiger partial charge < -0.3 is 11.1 Å². The number of nitrogens with one attached hydrogen (secondary N) is 1. The zero-order valence-electron chi connectivity index (χ0n) is 9.47. The van der Waals surface area contributed by atoms with E-state index in [1.54, 1.807) is 0 Å². The monoisotopic (exact) mass is 198 g/mol. The molecule has 0 heterocycles. The van der Waals surface area contributed by atoms with Gasteiger partial charge in [-0.3, -0.25) is 4.79 Å². The number of primary amides is 1. The van der Waals surface area contributed by atoms with E-state index >= 15 is 0 Å². The van der Waals surface area contributed by atoms with Crippen LogP contribution in [0.4, 0.5) is 0 Å². The maximum Gasteiger partial charge on any atom is 0.237 e. The van der Waals surface area contributed by atoms with E-state index in [1.807, 2.05) is 13.8 Å². The zero-order chi connectivity index (χ0) is 10.8. The molecule has 3 nitrogen and oxygen atoms in total. The van der Waals surface area contributed by atoms with Crippen molar-refractivity contribution in [1.82, 2.24) is 5.32 Å². The topological polar surface area (TPSA) is 55.1 Å². The third-order valence-electron chi connectivity index (χ3n) is 3.31. The van der Waals surface area contributed by atoms with Crippen LogP contribution in [0.5, 0.6) is 0 Å². The summed E-state index contributed by atoms with van der Waals surface area (Å²) in [6.45, 7) is 5.85. The van der Waals surface area contributed by atoms with E-state index in [2.05, 4.69) is 12.2 Å². The number of carbonyl (C=O) groups is 1. The minimum Gasteiger partial charge on any atom is -0.368 e. The summed E-state index contributed by atoms with van der Waals surface area (Å²) < 4.78 is 0. The highest BCUT2D eigenvalue weighted by atomic mass is 16.1. The van der Waals surface area contributed by atoms with Gasteiger partial charge in [-0.15, -0.1) is 0 Å². The van der Waals surface area contributed by atoms with Crippen LogP contribution in [-0.4, -0.2) is 17.5 Å². The third-order valence-corrected chi connectivity index (χ3v) is 3.31. The Morgan fingerprint density at radius 2 is 1.93 bits per heavy atom. The van der Waals surface area contributed by atoms with Crippen molar-refractivity contribution in [2.75, 3.05) is 0 Å². The van der Waals surface area contributed by atoms with Gasteiger partial charge in [0, 0.05) is 6.04 Å². The molecule has 3 heteroatoms. The minimum absolute atomic E-state index is 0.276. The fourth-order valence-corrected chi connectivity index (χ4v) is 2.22. The average Bonchev–Trinajstić information content (AvgIpc) is 2.54. The van der Waals surface area contributed by atoms with E-state index in [1.165, 1.54) is 25.7 Å². The van der Waals surface area contributed by atoms with Gasteiger partial charge in [0.15, 0.2) is 0 Å². The van der Waals surface area contributed by atoms with Crippen molar-refractivity contribution in [3.63, 3.8) is 0 Å². The molecule has 1 aliphatic rings. The van der Waals surface area contributed by atoms with Crippen LogP contribution in [0.25, 0.3) is 0 Å². The first kappa shape index (κ1) is 11.5. The van der Waals surface area contributed by atoms with Gasteiger partial charge in [0.25, 0.3) is 0 Å². The molecule has 0 aromatic carbocycles. The lowest BCUT2D eigenvalue weighted by Crippen LogP contribution is -2.55. The van der Waals surface area contributed by atoms with Gasteiger partial charge in [0.2, 0.25) is 5.91 Å². The first-order valence-corrected chi connectivity index (χ1v) is 5.51. The molecule has 0 saturated heterocycles. The van der Waals surface area contributed by atoms with Gasteiger partial charge >= 0.3 is 0 Å². The molecule has 0 aliphatic heterocycles. The van der Waals surface area contributed by atoms with Gasteiger partial charge in [0.1, 0.15) is 0 Å². The molecule has 0 aromatic rings. The molecule has 1 atom stereocenters. The second-order valence-electron chi connectivity index (χ2n) is 4.97. The second kappa shape index (κ2) is 4.30. The van der Waals surface area contributed by atoms with Gasteiger partial charge in [0.05, 0.1) is 5.54 Å². The standard InChI is InChI=1S/C11H22N2O/c1-8(9-6-4-5-7-9)13-11(2,3)10(12)14/h8-9,13H,4-7H2,1-3H3,(H2,12,14). The van der Waals surface area contributed by atoms with Crippen molar-refractivity contribution in [2.45, 2.75) is 58.0 Å². The molecule has 1 aliphatic carbocycles. The fraction of sp³-hybridized carbons (Fsp3) is 0.909. The zero-order valence-corrected chi connectivity index (χ0v) is 9.47. The number of nitrogens with two attached hydrogens (primary N) is 1. The van der Waals surface area contributed by atoms with Crippen molar-refractivity contribution < 1.29 is 4.79 Å². The van der Waals surface area contributed by atoms with Crippen molar-refractivity contribution in [3.8, 4) is 0 Å². The van der Waals surface area contributed by atoms with Crippen LogP contribution in [0.3, 0.4) is 0 Å². The van der Waals surface area contributed by atoms with E-state index in [4.69, 9.17) is 5.73 Å². The number of hydrogen-bond acceptors (Lipinski definition) is 2. The summed E-state index contributed by atoms with van der Waals surface area (Å²) in [5.74, 6) is 0.441. The van der Waals surface area contributed by atoms with Gasteiger partial charge in [-0.2, -0.15) is 0 Å². The lowest BCUT2D eigenvalue weighted by atomic mass is 9.95. The molecule has 14 heavy (non-hydrogen) atoms. The summed E-state index contributed by atoms with van der Waals surface area (Å²) in [6.07, 6.45) is 5.22. The maximum atomic E-state index is 11.1. The van der Waals surface area contributed by atoms with Gasteiger partial charge in [-0.25, -0.2) is 0 Å². The van der Waals surface area contributed by atoms with Crippen molar-refractivity contribution in [2.24, 2.45) is 11.7 Å². The predicted octanol–water partition coefficient (Wildman–Crippen LogP) is 1.42. The van der Waals surface area contributed by atoms with Crippen molar-refractivity contribution in [3.05, 3.63) is 0 Å². The number of amides is 1. The molecular weight excluding hydrogens is 176 g/mol. The third kappa shape index (κ3) is 2.71. The van der Waals surface area contributed by atoms with Crippen LogP contribution in [-0.2, 0) is 4.79 Å². The van der Waals surface area contributed by atoms with E-state index in [9.17, 15) is 4.79 Å². The van der Waals surface area contributed by atoms with Crippen LogP contribution in [0.1, 0.15) is 46.5 Å². The van der Waals surface area contributed by atoms with Crippen molar-refractivity contribution >= 4 is 5.91 Å². The largest absolute Gasteiger partial charge is 0.368 e. The fourth-order valence-electron chi connectivity index (χ4n) is 2.22. The van der Waals surface area contributed by atoms with E-state index in [0.717, 1.165) is 0 Å². The number of rotatable bonds is 4. The molecule has 82 valence electrons. The summed E-state index contributed by atoms with van der Waals surface area (Å²) in [6, 6.07) is 0.389. The highest BCUT2D eigenvalue weighted by Gasteiger charge is 2.30. The molecular formula is C11H22N2O. The first-order chi connectivity index (χ1) is 6.43. The minimum atomic E-state index is -0.581. The Labute approximate surface area is 86.4 Å². The molecule has 1 fully saturated rings. The molecule has 0 spiro atoms. The lowest BCUT2D eigenvalue weighted by Gasteiger charge is -2.30. The van der Waals surface area contributed by atoms with Crippen LogP contribution < -0.4 is 11.1 Å². The molecule has 1 rings (SSSR count). The maximum absolute atomic E-state index is 11.1. The Hall–Kier alpha value is -0.570. The van der Waals surface area contributed by atoms with E-state index in [-0.39, 0.29) is 5.91 Å². The Morgan fingerprint density at radius 1 is 1.43 bits per heavy atom. The van der Waals surface area contributed by atoms with Crippen LogP contribution in [0, 0.1) is 5.92 Å². The summed E-state index contributed by atoms with van der Waals surface area (Å²) in [7, 11) is 0. The highest BCUT2D eigenvalue weighted by molar-refractivity contribution is 5.83. The summed E-state index contributed by atoms with van der Waals surface area (Å²) in [5.41, 5.74) is 4.73. The Balaban J connectivity index is 2.46. The van der Waals surface area contributed by atoms with E-state index < -0.39 is 5.54 Å². The number of carbonyl (C=O) groups excluding carboxylic acids is 1. The first-order valence-electron chi connectivity index (χ1n) is 5.51. The second-order valence-corrected chi connectivity index (χ2v) is 4.97.